The van der Waals surface area contributed by atoms with E-state index in [0.717, 1.165) is 15.1 Å². The Balaban J connectivity index is 1.77. The molecule has 26 heavy (non-hydrogen) atoms. The lowest BCUT2D eigenvalue weighted by molar-refractivity contribution is -0.141. The molecule has 0 saturated carbocycles. The fourth-order valence-corrected chi connectivity index (χ4v) is 3.35. The molecule has 0 aliphatic carbocycles. The van der Waals surface area contributed by atoms with E-state index in [1.54, 1.807) is 30.3 Å². The van der Waals surface area contributed by atoms with Gasteiger partial charge in [-0.05, 0) is 29.5 Å². The Labute approximate surface area is 152 Å². The van der Waals surface area contributed by atoms with Gasteiger partial charge in [0.05, 0.1) is 6.54 Å². The summed E-state index contributed by atoms with van der Waals surface area (Å²) in [4.78, 5) is 13.1. The second-order valence-corrected chi connectivity index (χ2v) is 6.76. The Bertz CT molecular complexity index is 900. The van der Waals surface area contributed by atoms with E-state index in [9.17, 15) is 18.0 Å². The van der Waals surface area contributed by atoms with E-state index < -0.39 is 17.8 Å². The number of thiophene rings is 1. The number of amides is 1. The number of carbonyl (C=O) groups is 1. The summed E-state index contributed by atoms with van der Waals surface area (Å²) in [5.74, 6) is -0.395. The molecular formula is C18H16F3N3OS. The Kier molecular flexibility index (Phi) is 5.13. The van der Waals surface area contributed by atoms with Crippen LogP contribution in [0.2, 0.25) is 0 Å². The number of aryl methyl sites for hydroxylation is 1. The maximum atomic E-state index is 13.3. The molecule has 0 saturated heterocycles. The van der Waals surface area contributed by atoms with Crippen molar-refractivity contribution in [1.29, 1.82) is 0 Å². The van der Waals surface area contributed by atoms with Gasteiger partial charge in [0.25, 0.3) is 0 Å². The summed E-state index contributed by atoms with van der Waals surface area (Å²) >= 11 is 1.52. The average molecular weight is 379 g/mol. The van der Waals surface area contributed by atoms with Crippen LogP contribution in [0.15, 0.2) is 48.0 Å². The van der Waals surface area contributed by atoms with Gasteiger partial charge in [-0.2, -0.15) is 18.3 Å². The highest BCUT2D eigenvalue weighted by Gasteiger charge is 2.37. The molecule has 1 N–H and O–H groups in total. The number of benzene rings is 1. The SMILES string of the molecule is Cc1ccsc1CNC(=O)Cn1cc(-c2ccccc2)c(C(F)(F)F)n1. The highest BCUT2D eigenvalue weighted by atomic mass is 32.1. The standard InChI is InChI=1S/C18H16F3N3OS/c1-12-7-8-26-15(12)9-22-16(25)11-24-10-14(13-5-3-2-4-6-13)17(23-24)18(19,20)21/h2-8,10H,9,11H2,1H3,(H,22,25). The van der Waals surface area contributed by atoms with E-state index in [1.165, 1.54) is 17.5 Å². The molecule has 1 amide bonds. The summed E-state index contributed by atoms with van der Waals surface area (Å²) in [6.07, 6.45) is -3.34. The number of alkyl halides is 3. The van der Waals surface area contributed by atoms with Crippen molar-refractivity contribution in [2.24, 2.45) is 0 Å². The number of nitrogens with zero attached hydrogens (tertiary/aromatic N) is 2. The van der Waals surface area contributed by atoms with Gasteiger partial charge in [0.2, 0.25) is 5.91 Å². The first kappa shape index (κ1) is 18.2. The lowest BCUT2D eigenvalue weighted by Gasteiger charge is -2.06. The predicted octanol–water partition coefficient (Wildman–Crippen LogP) is 4.26. The molecule has 0 fully saturated rings. The zero-order valence-electron chi connectivity index (χ0n) is 13.9. The highest BCUT2D eigenvalue weighted by molar-refractivity contribution is 7.10. The van der Waals surface area contributed by atoms with Gasteiger partial charge in [-0.1, -0.05) is 30.3 Å². The molecule has 2 aromatic heterocycles. The van der Waals surface area contributed by atoms with E-state index >= 15 is 0 Å². The smallest absolute Gasteiger partial charge is 0.350 e. The fourth-order valence-electron chi connectivity index (χ4n) is 2.51. The molecule has 3 rings (SSSR count). The third kappa shape index (κ3) is 4.13. The molecule has 4 nitrogen and oxygen atoms in total. The van der Waals surface area contributed by atoms with Gasteiger partial charge in [0, 0.05) is 16.6 Å². The van der Waals surface area contributed by atoms with Crippen LogP contribution in [0.5, 0.6) is 0 Å². The van der Waals surface area contributed by atoms with Gasteiger partial charge in [0.1, 0.15) is 6.54 Å². The molecule has 0 radical (unpaired) electrons. The van der Waals surface area contributed by atoms with Gasteiger partial charge in [-0.25, -0.2) is 0 Å². The molecular weight excluding hydrogens is 363 g/mol. The molecule has 0 aliphatic heterocycles. The molecule has 0 atom stereocenters. The molecule has 3 aromatic rings. The molecule has 0 bridgehead atoms. The number of rotatable bonds is 5. The van der Waals surface area contributed by atoms with Gasteiger partial charge in [-0.3, -0.25) is 9.48 Å². The second kappa shape index (κ2) is 7.33. The van der Waals surface area contributed by atoms with E-state index in [-0.39, 0.29) is 12.1 Å². The van der Waals surface area contributed by atoms with Crippen LogP contribution in [0.3, 0.4) is 0 Å². The number of hydrogen-bond acceptors (Lipinski definition) is 3. The van der Waals surface area contributed by atoms with E-state index in [4.69, 9.17) is 0 Å². The molecule has 0 spiro atoms. The van der Waals surface area contributed by atoms with Crippen molar-refractivity contribution in [2.75, 3.05) is 0 Å². The molecule has 2 heterocycles. The Morgan fingerprint density at radius 2 is 1.96 bits per heavy atom. The first-order chi connectivity index (χ1) is 12.3. The lowest BCUT2D eigenvalue weighted by Crippen LogP contribution is -2.27. The number of halogens is 3. The van der Waals surface area contributed by atoms with Gasteiger partial charge < -0.3 is 5.32 Å². The fraction of sp³-hybridized carbons (Fsp3) is 0.222. The normalized spacial score (nSPS) is 11.5. The van der Waals surface area contributed by atoms with Crippen LogP contribution in [0, 0.1) is 6.92 Å². The Morgan fingerprint density at radius 3 is 2.58 bits per heavy atom. The monoisotopic (exact) mass is 379 g/mol. The van der Waals surface area contributed by atoms with E-state index in [0.29, 0.717) is 12.1 Å². The Hall–Kier alpha value is -2.61. The molecule has 0 unspecified atom stereocenters. The van der Waals surface area contributed by atoms with Crippen LogP contribution in [0.1, 0.15) is 16.1 Å². The Morgan fingerprint density at radius 1 is 1.23 bits per heavy atom. The first-order valence-electron chi connectivity index (χ1n) is 7.84. The summed E-state index contributed by atoms with van der Waals surface area (Å²) in [6, 6.07) is 10.1. The minimum absolute atomic E-state index is 0.0417. The maximum absolute atomic E-state index is 13.3. The van der Waals surface area contributed by atoms with Crippen LogP contribution in [-0.4, -0.2) is 15.7 Å². The number of nitrogens with one attached hydrogen (secondary N) is 1. The van der Waals surface area contributed by atoms with Gasteiger partial charge in [-0.15, -0.1) is 11.3 Å². The summed E-state index contributed by atoms with van der Waals surface area (Å²) < 4.78 is 40.9. The van der Waals surface area contributed by atoms with Crippen molar-refractivity contribution in [3.63, 3.8) is 0 Å². The van der Waals surface area contributed by atoms with Crippen molar-refractivity contribution >= 4 is 17.2 Å². The van der Waals surface area contributed by atoms with Gasteiger partial charge >= 0.3 is 6.18 Å². The maximum Gasteiger partial charge on any atom is 0.435 e. The third-order valence-electron chi connectivity index (χ3n) is 3.83. The minimum atomic E-state index is -4.60. The largest absolute Gasteiger partial charge is 0.435 e. The van der Waals surface area contributed by atoms with Crippen LogP contribution < -0.4 is 5.32 Å². The number of aromatic nitrogens is 2. The van der Waals surface area contributed by atoms with E-state index in [2.05, 4.69) is 10.4 Å². The summed E-state index contributed by atoms with van der Waals surface area (Å²) in [5.41, 5.74) is 0.436. The molecule has 136 valence electrons. The van der Waals surface area contributed by atoms with Crippen LogP contribution in [0.25, 0.3) is 11.1 Å². The van der Waals surface area contributed by atoms with Crippen molar-refractivity contribution in [1.82, 2.24) is 15.1 Å². The molecule has 0 aliphatic rings. The van der Waals surface area contributed by atoms with E-state index in [1.807, 2.05) is 18.4 Å². The molecule has 1 aromatic carbocycles. The van der Waals surface area contributed by atoms with Crippen molar-refractivity contribution in [3.8, 4) is 11.1 Å². The van der Waals surface area contributed by atoms with Crippen LogP contribution in [-0.2, 0) is 24.1 Å². The highest BCUT2D eigenvalue weighted by Crippen LogP contribution is 2.35. The van der Waals surface area contributed by atoms with Crippen LogP contribution >= 0.6 is 11.3 Å². The number of hydrogen-bond donors (Lipinski definition) is 1. The topological polar surface area (TPSA) is 46.9 Å². The summed E-state index contributed by atoms with van der Waals surface area (Å²) in [6.45, 7) is 2.01. The predicted molar refractivity (Wildman–Crippen MR) is 93.6 cm³/mol. The van der Waals surface area contributed by atoms with Gasteiger partial charge in [0.15, 0.2) is 5.69 Å². The minimum Gasteiger partial charge on any atom is -0.350 e. The van der Waals surface area contributed by atoms with Crippen molar-refractivity contribution < 1.29 is 18.0 Å². The summed E-state index contributed by atoms with van der Waals surface area (Å²) in [7, 11) is 0. The second-order valence-electron chi connectivity index (χ2n) is 5.76. The van der Waals surface area contributed by atoms with Crippen LogP contribution in [0.4, 0.5) is 13.2 Å². The third-order valence-corrected chi connectivity index (χ3v) is 4.86. The lowest BCUT2D eigenvalue weighted by atomic mass is 10.1. The first-order valence-corrected chi connectivity index (χ1v) is 8.72. The zero-order chi connectivity index (χ0) is 18.7. The van der Waals surface area contributed by atoms with Crippen molar-refractivity contribution in [3.05, 3.63) is 64.1 Å². The number of carbonyl (C=O) groups excluding carboxylic acids is 1. The zero-order valence-corrected chi connectivity index (χ0v) is 14.7. The quantitative estimate of drug-likeness (QED) is 0.720. The summed E-state index contributed by atoms with van der Waals surface area (Å²) in [5, 5.41) is 8.23. The van der Waals surface area contributed by atoms with Crippen molar-refractivity contribution in [2.45, 2.75) is 26.2 Å². The molecule has 8 heteroatoms. The average Bonchev–Trinajstić information content (AvgIpc) is 3.20.